The summed E-state index contributed by atoms with van der Waals surface area (Å²) in [4.78, 5) is 24.6. The van der Waals surface area contributed by atoms with Gasteiger partial charge in [-0.1, -0.05) is 48.8 Å². The Morgan fingerprint density at radius 3 is 2.80 bits per heavy atom. The fourth-order valence-corrected chi connectivity index (χ4v) is 3.69. The lowest BCUT2D eigenvalue weighted by Crippen LogP contribution is -2.48. The van der Waals surface area contributed by atoms with Gasteiger partial charge in [-0.25, -0.2) is 4.79 Å². The third kappa shape index (κ3) is 2.49. The molecule has 3 amide bonds. The van der Waals surface area contributed by atoms with Crippen molar-refractivity contribution >= 4 is 25.2 Å². The van der Waals surface area contributed by atoms with Crippen molar-refractivity contribution in [2.75, 3.05) is 0 Å². The zero-order valence-electron chi connectivity index (χ0n) is 14.3. The maximum atomic E-state index is 12.7. The van der Waals surface area contributed by atoms with Crippen molar-refractivity contribution < 1.29 is 14.3 Å². The average molecular weight is 334 g/mol. The standard InChI is InChI=1S/C19H19BN2O3/c1-2-11-4-3-5-12(8-11)16-10-19(17(23)21-18(24)22-19)14-9-13(20)6-7-15(14)25-16/h3-9,16H,2,10,20H2,1H3,(H2,21,22,23,24). The Bertz CT molecular complexity index is 883. The molecule has 126 valence electrons. The normalized spacial score (nSPS) is 24.4. The predicted octanol–water partition coefficient (Wildman–Crippen LogP) is 1.07. The molecule has 0 aliphatic carbocycles. The van der Waals surface area contributed by atoms with Gasteiger partial charge in [-0.2, -0.15) is 0 Å². The van der Waals surface area contributed by atoms with Gasteiger partial charge in [0.25, 0.3) is 5.91 Å². The smallest absolute Gasteiger partial charge is 0.322 e. The summed E-state index contributed by atoms with van der Waals surface area (Å²) in [5, 5.41) is 5.24. The number of amides is 3. The number of nitrogens with one attached hydrogen (secondary N) is 2. The molecule has 2 unspecified atom stereocenters. The molecule has 2 heterocycles. The summed E-state index contributed by atoms with van der Waals surface area (Å²) in [6, 6.07) is 13.5. The van der Waals surface area contributed by atoms with Gasteiger partial charge in [-0.05, 0) is 23.6 Å². The van der Waals surface area contributed by atoms with E-state index in [0.717, 1.165) is 23.0 Å². The third-order valence-corrected chi connectivity index (χ3v) is 5.03. The molecule has 4 rings (SSSR count). The highest BCUT2D eigenvalue weighted by Crippen LogP contribution is 2.45. The fraction of sp³-hybridized carbons (Fsp3) is 0.263. The van der Waals surface area contributed by atoms with Gasteiger partial charge in [0.15, 0.2) is 5.54 Å². The first-order valence-corrected chi connectivity index (χ1v) is 8.52. The summed E-state index contributed by atoms with van der Waals surface area (Å²) in [6.07, 6.45) is 0.998. The molecule has 1 fully saturated rings. The van der Waals surface area contributed by atoms with Crippen LogP contribution in [0.1, 0.15) is 36.1 Å². The molecule has 0 aromatic heterocycles. The number of hydrogen-bond donors (Lipinski definition) is 2. The number of aryl methyl sites for hydroxylation is 1. The Morgan fingerprint density at radius 1 is 1.24 bits per heavy atom. The molecule has 2 atom stereocenters. The molecule has 1 spiro atoms. The van der Waals surface area contributed by atoms with Crippen LogP contribution >= 0.6 is 0 Å². The second-order valence-corrected chi connectivity index (χ2v) is 6.72. The number of carbonyl (C=O) groups is 2. The highest BCUT2D eigenvalue weighted by Gasteiger charge is 2.53. The predicted molar refractivity (Wildman–Crippen MR) is 96.8 cm³/mol. The monoisotopic (exact) mass is 334 g/mol. The maximum absolute atomic E-state index is 12.7. The van der Waals surface area contributed by atoms with Crippen LogP contribution in [0.4, 0.5) is 4.79 Å². The van der Waals surface area contributed by atoms with Gasteiger partial charge in [0.05, 0.1) is 0 Å². The van der Waals surface area contributed by atoms with Crippen LogP contribution in [0.15, 0.2) is 42.5 Å². The number of fused-ring (bicyclic) bond motifs is 2. The van der Waals surface area contributed by atoms with E-state index in [4.69, 9.17) is 4.74 Å². The van der Waals surface area contributed by atoms with E-state index >= 15 is 0 Å². The Balaban J connectivity index is 1.83. The Labute approximate surface area is 147 Å². The lowest BCUT2D eigenvalue weighted by Gasteiger charge is -2.38. The van der Waals surface area contributed by atoms with Crippen LogP contribution in [0.5, 0.6) is 5.75 Å². The molecule has 2 aromatic carbocycles. The van der Waals surface area contributed by atoms with E-state index in [1.807, 2.05) is 38.2 Å². The van der Waals surface area contributed by atoms with E-state index in [-0.39, 0.29) is 12.0 Å². The Hall–Kier alpha value is -2.76. The first kappa shape index (κ1) is 15.8. The van der Waals surface area contributed by atoms with Crippen LogP contribution in [0.2, 0.25) is 0 Å². The van der Waals surface area contributed by atoms with E-state index in [1.165, 1.54) is 5.56 Å². The minimum atomic E-state index is -1.08. The van der Waals surface area contributed by atoms with Crippen molar-refractivity contribution in [2.45, 2.75) is 31.4 Å². The van der Waals surface area contributed by atoms with Crippen molar-refractivity contribution in [2.24, 2.45) is 0 Å². The Morgan fingerprint density at radius 2 is 2.08 bits per heavy atom. The van der Waals surface area contributed by atoms with Crippen molar-refractivity contribution in [3.05, 3.63) is 59.2 Å². The molecule has 2 aliphatic rings. The molecule has 1 saturated heterocycles. The number of ether oxygens (including phenoxy) is 1. The molecule has 0 radical (unpaired) electrons. The first-order chi connectivity index (χ1) is 12.0. The summed E-state index contributed by atoms with van der Waals surface area (Å²) in [7, 11) is 1.96. The van der Waals surface area contributed by atoms with Crippen LogP contribution in [-0.2, 0) is 16.8 Å². The largest absolute Gasteiger partial charge is 0.485 e. The van der Waals surface area contributed by atoms with Crippen LogP contribution in [0, 0.1) is 0 Å². The lowest BCUT2D eigenvalue weighted by molar-refractivity contribution is -0.126. The molecule has 25 heavy (non-hydrogen) atoms. The van der Waals surface area contributed by atoms with Crippen molar-refractivity contribution in [3.8, 4) is 5.75 Å². The van der Waals surface area contributed by atoms with Gasteiger partial charge >= 0.3 is 6.03 Å². The molecule has 0 bridgehead atoms. The number of urea groups is 1. The number of imide groups is 1. The van der Waals surface area contributed by atoms with E-state index in [9.17, 15) is 9.59 Å². The number of benzene rings is 2. The maximum Gasteiger partial charge on any atom is 0.322 e. The van der Waals surface area contributed by atoms with Crippen LogP contribution in [-0.4, -0.2) is 19.8 Å². The van der Waals surface area contributed by atoms with Gasteiger partial charge in [-0.3, -0.25) is 10.1 Å². The van der Waals surface area contributed by atoms with E-state index in [0.29, 0.717) is 12.2 Å². The van der Waals surface area contributed by atoms with Crippen LogP contribution in [0.25, 0.3) is 0 Å². The number of hydrogen-bond acceptors (Lipinski definition) is 3. The van der Waals surface area contributed by atoms with Gasteiger partial charge in [-0.15, -0.1) is 0 Å². The molecule has 2 N–H and O–H groups in total. The highest BCUT2D eigenvalue weighted by molar-refractivity contribution is 6.32. The van der Waals surface area contributed by atoms with Crippen LogP contribution in [0.3, 0.4) is 0 Å². The highest BCUT2D eigenvalue weighted by atomic mass is 16.5. The minimum absolute atomic E-state index is 0.300. The summed E-state index contributed by atoms with van der Waals surface area (Å²) < 4.78 is 6.21. The number of carbonyl (C=O) groups excluding carboxylic acids is 2. The summed E-state index contributed by atoms with van der Waals surface area (Å²) in [5.74, 6) is 0.324. The zero-order valence-corrected chi connectivity index (χ0v) is 14.3. The minimum Gasteiger partial charge on any atom is -0.485 e. The average Bonchev–Trinajstić information content (AvgIpc) is 2.89. The van der Waals surface area contributed by atoms with E-state index < -0.39 is 11.6 Å². The second-order valence-electron chi connectivity index (χ2n) is 6.72. The summed E-state index contributed by atoms with van der Waals surface area (Å²) >= 11 is 0. The molecule has 0 saturated carbocycles. The summed E-state index contributed by atoms with van der Waals surface area (Å²) in [6.45, 7) is 2.10. The quantitative estimate of drug-likeness (QED) is 0.638. The lowest BCUT2D eigenvalue weighted by atomic mass is 9.78. The molecule has 2 aromatic rings. The van der Waals surface area contributed by atoms with E-state index in [1.54, 1.807) is 0 Å². The topological polar surface area (TPSA) is 67.4 Å². The number of rotatable bonds is 2. The van der Waals surface area contributed by atoms with E-state index in [2.05, 4.69) is 29.7 Å². The van der Waals surface area contributed by atoms with Gasteiger partial charge in [0.2, 0.25) is 0 Å². The van der Waals surface area contributed by atoms with Gasteiger partial charge < -0.3 is 10.1 Å². The van der Waals surface area contributed by atoms with Crippen LogP contribution < -0.4 is 20.8 Å². The SMILES string of the molecule is Bc1ccc2c(c1)C1(CC(c3cccc(CC)c3)O2)NC(=O)NC1=O. The first-order valence-electron chi connectivity index (χ1n) is 8.52. The second kappa shape index (κ2) is 5.65. The molecule has 2 aliphatic heterocycles. The molecule has 5 nitrogen and oxygen atoms in total. The van der Waals surface area contributed by atoms with Crippen molar-refractivity contribution in [1.29, 1.82) is 0 Å². The van der Waals surface area contributed by atoms with Gasteiger partial charge in [0.1, 0.15) is 19.7 Å². The molecular formula is C19H19BN2O3. The third-order valence-electron chi connectivity index (χ3n) is 5.03. The summed E-state index contributed by atoms with van der Waals surface area (Å²) in [5.41, 5.74) is 2.88. The van der Waals surface area contributed by atoms with Gasteiger partial charge in [0, 0.05) is 12.0 Å². The van der Waals surface area contributed by atoms with Crippen molar-refractivity contribution in [3.63, 3.8) is 0 Å². The molecule has 6 heteroatoms. The zero-order chi connectivity index (χ0) is 17.6. The fourth-order valence-electron chi connectivity index (χ4n) is 3.69. The van der Waals surface area contributed by atoms with Crippen molar-refractivity contribution in [1.82, 2.24) is 10.6 Å². The Kier molecular flexibility index (Phi) is 3.56. The molecular weight excluding hydrogens is 315 g/mol.